The quantitative estimate of drug-likeness (QED) is 0.461. The predicted octanol–water partition coefficient (Wildman–Crippen LogP) is 2.76. The molecule has 0 unspecified atom stereocenters. The number of rotatable bonds is 7. The lowest BCUT2D eigenvalue weighted by atomic mass is 10.3. The zero-order chi connectivity index (χ0) is 16.8. The summed E-state index contributed by atoms with van der Waals surface area (Å²) in [5, 5.41) is 17.5. The van der Waals surface area contributed by atoms with Crippen molar-refractivity contribution in [3.63, 3.8) is 0 Å². The number of aromatic nitrogens is 1. The van der Waals surface area contributed by atoms with Crippen molar-refractivity contribution in [3.05, 3.63) is 50.0 Å². The lowest BCUT2D eigenvalue weighted by Crippen LogP contribution is -2.28. The molecule has 122 valence electrons. The van der Waals surface area contributed by atoms with E-state index in [0.717, 1.165) is 22.8 Å². The van der Waals surface area contributed by atoms with Gasteiger partial charge in [-0.25, -0.2) is 4.98 Å². The highest BCUT2D eigenvalue weighted by molar-refractivity contribution is 7.13. The lowest BCUT2D eigenvalue weighted by molar-refractivity contribution is -0.384. The zero-order valence-electron chi connectivity index (χ0n) is 13.0. The number of anilines is 1. The van der Waals surface area contributed by atoms with Crippen LogP contribution in [0, 0.1) is 17.0 Å². The van der Waals surface area contributed by atoms with E-state index in [1.165, 1.54) is 23.5 Å². The van der Waals surface area contributed by atoms with Gasteiger partial charge in [-0.3, -0.25) is 14.9 Å². The fraction of sp³-hybridized carbons (Fsp3) is 0.333. The average Bonchev–Trinajstić information content (AvgIpc) is 2.93. The van der Waals surface area contributed by atoms with E-state index in [1.807, 2.05) is 13.8 Å². The Morgan fingerprint density at radius 3 is 2.57 bits per heavy atom. The molecule has 0 spiro atoms. The Morgan fingerprint density at radius 1 is 1.30 bits per heavy atom. The topological polar surface area (TPSA) is 97.2 Å². The molecular formula is C15H18N4O3S. The minimum absolute atomic E-state index is 0.0521. The summed E-state index contributed by atoms with van der Waals surface area (Å²) in [5.41, 5.74) is 1.58. The Bertz CT molecular complexity index is 697. The predicted molar refractivity (Wildman–Crippen MR) is 90.1 cm³/mol. The second-order valence-electron chi connectivity index (χ2n) is 4.86. The van der Waals surface area contributed by atoms with E-state index in [4.69, 9.17) is 0 Å². The van der Waals surface area contributed by atoms with Gasteiger partial charge in [0.15, 0.2) is 0 Å². The van der Waals surface area contributed by atoms with Crippen LogP contribution in [0.2, 0.25) is 0 Å². The molecule has 7 nitrogen and oxygen atoms in total. The number of carbonyl (C=O) groups is 1. The number of nitrogens with zero attached hydrogens (tertiary/aromatic N) is 2. The van der Waals surface area contributed by atoms with Crippen molar-refractivity contribution in [2.75, 3.05) is 18.4 Å². The molecule has 0 saturated carbocycles. The summed E-state index contributed by atoms with van der Waals surface area (Å²) in [6.45, 7) is 4.82. The molecule has 0 atom stereocenters. The van der Waals surface area contributed by atoms with Crippen LogP contribution < -0.4 is 10.6 Å². The Morgan fingerprint density at radius 2 is 2.00 bits per heavy atom. The fourth-order valence-corrected chi connectivity index (χ4v) is 2.90. The van der Waals surface area contributed by atoms with Crippen molar-refractivity contribution in [2.24, 2.45) is 0 Å². The third kappa shape index (κ3) is 4.49. The molecule has 0 aliphatic rings. The fourth-order valence-electron chi connectivity index (χ4n) is 1.98. The van der Waals surface area contributed by atoms with E-state index >= 15 is 0 Å². The van der Waals surface area contributed by atoms with Gasteiger partial charge in [0.2, 0.25) is 0 Å². The number of amides is 1. The first-order valence-electron chi connectivity index (χ1n) is 7.24. The summed E-state index contributed by atoms with van der Waals surface area (Å²) in [5.74, 6) is -0.120. The SMILES string of the molecule is CCc1nc(C)c(C(=O)NCCNc2ccc([N+](=O)[O-])cc2)s1. The van der Waals surface area contributed by atoms with E-state index in [1.54, 1.807) is 12.1 Å². The zero-order valence-corrected chi connectivity index (χ0v) is 13.8. The maximum absolute atomic E-state index is 12.1. The Kier molecular flexibility index (Phi) is 5.64. The highest BCUT2D eigenvalue weighted by Crippen LogP contribution is 2.18. The number of nitro groups is 1. The number of aryl methyl sites for hydroxylation is 2. The number of hydrogen-bond acceptors (Lipinski definition) is 6. The van der Waals surface area contributed by atoms with Crippen molar-refractivity contribution in [2.45, 2.75) is 20.3 Å². The minimum Gasteiger partial charge on any atom is -0.383 e. The van der Waals surface area contributed by atoms with Crippen LogP contribution in [0.1, 0.15) is 27.3 Å². The van der Waals surface area contributed by atoms with Crippen molar-refractivity contribution in [1.29, 1.82) is 0 Å². The summed E-state index contributed by atoms with van der Waals surface area (Å²) >= 11 is 1.42. The summed E-state index contributed by atoms with van der Waals surface area (Å²) in [7, 11) is 0. The van der Waals surface area contributed by atoms with Gasteiger partial charge < -0.3 is 10.6 Å². The van der Waals surface area contributed by atoms with Crippen LogP contribution in [0.15, 0.2) is 24.3 Å². The van der Waals surface area contributed by atoms with Gasteiger partial charge in [-0.15, -0.1) is 11.3 Å². The Balaban J connectivity index is 1.79. The van der Waals surface area contributed by atoms with Gasteiger partial charge in [0.1, 0.15) is 4.88 Å². The smallest absolute Gasteiger partial charge is 0.269 e. The van der Waals surface area contributed by atoms with Crippen molar-refractivity contribution >= 4 is 28.6 Å². The number of nitrogens with one attached hydrogen (secondary N) is 2. The van der Waals surface area contributed by atoms with Gasteiger partial charge in [0, 0.05) is 30.9 Å². The van der Waals surface area contributed by atoms with E-state index in [2.05, 4.69) is 15.6 Å². The van der Waals surface area contributed by atoms with Crippen LogP contribution in [0.5, 0.6) is 0 Å². The normalized spacial score (nSPS) is 10.3. The van der Waals surface area contributed by atoms with Gasteiger partial charge in [-0.05, 0) is 25.5 Å². The average molecular weight is 334 g/mol. The molecule has 0 aliphatic heterocycles. The molecule has 1 aromatic carbocycles. The Labute approximate surface area is 137 Å². The first kappa shape index (κ1) is 16.9. The maximum Gasteiger partial charge on any atom is 0.269 e. The number of hydrogen-bond donors (Lipinski definition) is 2. The van der Waals surface area contributed by atoms with E-state index in [-0.39, 0.29) is 11.6 Å². The summed E-state index contributed by atoms with van der Waals surface area (Å²) < 4.78 is 0. The monoisotopic (exact) mass is 334 g/mol. The molecular weight excluding hydrogens is 316 g/mol. The van der Waals surface area contributed by atoms with Crippen molar-refractivity contribution < 1.29 is 9.72 Å². The highest BCUT2D eigenvalue weighted by atomic mass is 32.1. The lowest BCUT2D eigenvalue weighted by Gasteiger charge is -2.07. The van der Waals surface area contributed by atoms with Crippen LogP contribution in [0.25, 0.3) is 0 Å². The van der Waals surface area contributed by atoms with Gasteiger partial charge in [0.05, 0.1) is 15.6 Å². The largest absolute Gasteiger partial charge is 0.383 e. The standard InChI is InChI=1S/C15H18N4O3S/c1-3-13-18-10(2)14(23-13)15(20)17-9-8-16-11-4-6-12(7-5-11)19(21)22/h4-7,16H,3,8-9H2,1-2H3,(H,17,20). The molecule has 2 N–H and O–H groups in total. The summed E-state index contributed by atoms with van der Waals surface area (Å²) in [6.07, 6.45) is 0.820. The number of non-ortho nitro benzene ring substituents is 1. The van der Waals surface area contributed by atoms with Crippen molar-refractivity contribution in [1.82, 2.24) is 10.3 Å². The number of nitro benzene ring substituents is 1. The minimum atomic E-state index is -0.439. The number of carbonyl (C=O) groups excluding carboxylic acids is 1. The van der Waals surface area contributed by atoms with Gasteiger partial charge in [-0.1, -0.05) is 6.92 Å². The molecule has 1 heterocycles. The molecule has 2 aromatic rings. The molecule has 0 saturated heterocycles. The number of thiazole rings is 1. The molecule has 8 heteroatoms. The first-order chi connectivity index (χ1) is 11.0. The van der Waals surface area contributed by atoms with E-state index in [0.29, 0.717) is 18.0 Å². The van der Waals surface area contributed by atoms with Gasteiger partial charge in [-0.2, -0.15) is 0 Å². The third-order valence-electron chi connectivity index (χ3n) is 3.17. The summed E-state index contributed by atoms with van der Waals surface area (Å²) in [6, 6.07) is 6.16. The summed E-state index contributed by atoms with van der Waals surface area (Å²) in [4.78, 5) is 27.2. The van der Waals surface area contributed by atoms with Crippen LogP contribution in [-0.2, 0) is 6.42 Å². The molecule has 1 aromatic heterocycles. The molecule has 23 heavy (non-hydrogen) atoms. The molecule has 0 radical (unpaired) electrons. The molecule has 0 aliphatic carbocycles. The van der Waals surface area contributed by atoms with Crippen LogP contribution in [0.4, 0.5) is 11.4 Å². The van der Waals surface area contributed by atoms with E-state index in [9.17, 15) is 14.9 Å². The van der Waals surface area contributed by atoms with Crippen LogP contribution in [-0.4, -0.2) is 28.9 Å². The first-order valence-corrected chi connectivity index (χ1v) is 8.05. The third-order valence-corrected chi connectivity index (χ3v) is 4.47. The second kappa shape index (κ2) is 7.68. The second-order valence-corrected chi connectivity index (χ2v) is 5.95. The highest BCUT2D eigenvalue weighted by Gasteiger charge is 2.13. The van der Waals surface area contributed by atoms with Gasteiger partial charge >= 0.3 is 0 Å². The van der Waals surface area contributed by atoms with Crippen LogP contribution in [0.3, 0.4) is 0 Å². The molecule has 0 fully saturated rings. The Hall–Kier alpha value is -2.48. The molecule has 1 amide bonds. The maximum atomic E-state index is 12.1. The van der Waals surface area contributed by atoms with Crippen molar-refractivity contribution in [3.8, 4) is 0 Å². The van der Waals surface area contributed by atoms with Crippen LogP contribution >= 0.6 is 11.3 Å². The number of benzene rings is 1. The molecule has 2 rings (SSSR count). The van der Waals surface area contributed by atoms with Gasteiger partial charge in [0.25, 0.3) is 11.6 Å². The molecule has 0 bridgehead atoms. The van der Waals surface area contributed by atoms with E-state index < -0.39 is 4.92 Å².